The van der Waals surface area contributed by atoms with Crippen LogP contribution in [0, 0.1) is 0 Å². The third-order valence-corrected chi connectivity index (χ3v) is 3.18. The fourth-order valence-corrected chi connectivity index (χ4v) is 2.18. The van der Waals surface area contributed by atoms with Crippen LogP contribution >= 0.6 is 0 Å². The Balaban J connectivity index is 2.11. The van der Waals surface area contributed by atoms with Gasteiger partial charge in [-0.25, -0.2) is 9.97 Å². The normalized spacial score (nSPS) is 15.1. The van der Waals surface area contributed by atoms with Gasteiger partial charge in [0.05, 0.1) is 11.0 Å². The second-order valence-corrected chi connectivity index (χ2v) is 4.44. The number of nitrogens with zero attached hydrogens (tertiary/aromatic N) is 3. The van der Waals surface area contributed by atoms with Gasteiger partial charge in [0.1, 0.15) is 0 Å². The number of hydrogen-bond donors (Lipinski definition) is 1. The van der Waals surface area contributed by atoms with Crippen molar-refractivity contribution in [1.29, 1.82) is 0 Å². The van der Waals surface area contributed by atoms with Crippen molar-refractivity contribution in [3.05, 3.63) is 24.3 Å². The standard InChI is InChI=1S/C13H16N4/c1-2-17(9-7-8-9)13-12(14)15-10-5-3-4-6-11(10)16-13/h3-6,9H,2,7-8H2,1H3,(H2,14,15). The number of rotatable bonds is 3. The van der Waals surface area contributed by atoms with Gasteiger partial charge in [-0.3, -0.25) is 0 Å². The van der Waals surface area contributed by atoms with Gasteiger partial charge >= 0.3 is 0 Å². The molecule has 1 saturated carbocycles. The molecule has 0 aliphatic heterocycles. The Morgan fingerprint density at radius 2 is 1.88 bits per heavy atom. The first kappa shape index (κ1) is 10.3. The van der Waals surface area contributed by atoms with Crippen LogP contribution in [0.5, 0.6) is 0 Å². The largest absolute Gasteiger partial charge is 0.381 e. The number of nitrogen functional groups attached to an aromatic ring is 1. The molecule has 0 spiro atoms. The maximum atomic E-state index is 6.01. The summed E-state index contributed by atoms with van der Waals surface area (Å²) in [6.45, 7) is 3.07. The van der Waals surface area contributed by atoms with Crippen molar-refractivity contribution >= 4 is 22.7 Å². The molecule has 0 saturated heterocycles. The molecule has 17 heavy (non-hydrogen) atoms. The summed E-state index contributed by atoms with van der Waals surface area (Å²) in [6, 6.07) is 8.46. The fraction of sp³-hybridized carbons (Fsp3) is 0.385. The van der Waals surface area contributed by atoms with Gasteiger partial charge in [0.2, 0.25) is 0 Å². The number of fused-ring (bicyclic) bond motifs is 1. The number of para-hydroxylation sites is 2. The van der Waals surface area contributed by atoms with Crippen LogP contribution in [0.3, 0.4) is 0 Å². The van der Waals surface area contributed by atoms with Gasteiger partial charge in [-0.2, -0.15) is 0 Å². The predicted octanol–water partition coefficient (Wildman–Crippen LogP) is 2.20. The van der Waals surface area contributed by atoms with Gasteiger partial charge in [-0.05, 0) is 31.9 Å². The van der Waals surface area contributed by atoms with E-state index in [9.17, 15) is 0 Å². The quantitative estimate of drug-likeness (QED) is 0.875. The van der Waals surface area contributed by atoms with Gasteiger partial charge in [0.15, 0.2) is 11.6 Å². The predicted molar refractivity (Wildman–Crippen MR) is 70.0 cm³/mol. The van der Waals surface area contributed by atoms with E-state index in [1.54, 1.807) is 0 Å². The summed E-state index contributed by atoms with van der Waals surface area (Å²) in [5.74, 6) is 1.38. The zero-order valence-electron chi connectivity index (χ0n) is 9.93. The molecule has 0 unspecified atom stereocenters. The number of aromatic nitrogens is 2. The zero-order valence-corrected chi connectivity index (χ0v) is 9.93. The van der Waals surface area contributed by atoms with Gasteiger partial charge < -0.3 is 10.6 Å². The fourth-order valence-electron chi connectivity index (χ4n) is 2.18. The van der Waals surface area contributed by atoms with Gasteiger partial charge in [-0.1, -0.05) is 12.1 Å². The molecule has 1 aliphatic carbocycles. The molecule has 0 bridgehead atoms. The Morgan fingerprint density at radius 1 is 1.24 bits per heavy atom. The summed E-state index contributed by atoms with van der Waals surface area (Å²) in [5, 5.41) is 0. The monoisotopic (exact) mass is 228 g/mol. The summed E-state index contributed by atoms with van der Waals surface area (Å²) in [5.41, 5.74) is 7.79. The maximum absolute atomic E-state index is 6.01. The summed E-state index contributed by atoms with van der Waals surface area (Å²) in [7, 11) is 0. The SMILES string of the molecule is CCN(c1nc2ccccc2nc1N)C1CC1. The van der Waals surface area contributed by atoms with Crippen molar-refractivity contribution in [2.24, 2.45) is 0 Å². The number of benzene rings is 1. The first-order valence-electron chi connectivity index (χ1n) is 6.08. The molecule has 1 heterocycles. The van der Waals surface area contributed by atoms with Crippen LogP contribution in [-0.4, -0.2) is 22.6 Å². The lowest BCUT2D eigenvalue weighted by Crippen LogP contribution is -2.27. The highest BCUT2D eigenvalue weighted by Gasteiger charge is 2.30. The Bertz CT molecular complexity index is 548. The molecule has 0 radical (unpaired) electrons. The number of anilines is 2. The first-order valence-corrected chi connectivity index (χ1v) is 6.08. The van der Waals surface area contributed by atoms with Crippen molar-refractivity contribution in [2.75, 3.05) is 17.2 Å². The van der Waals surface area contributed by atoms with Gasteiger partial charge in [0, 0.05) is 12.6 Å². The molecular weight excluding hydrogens is 212 g/mol. The molecular formula is C13H16N4. The minimum absolute atomic E-state index is 0.539. The summed E-state index contributed by atoms with van der Waals surface area (Å²) in [6.07, 6.45) is 2.48. The average Bonchev–Trinajstić information content (AvgIpc) is 3.15. The second kappa shape index (κ2) is 3.87. The van der Waals surface area contributed by atoms with Gasteiger partial charge in [-0.15, -0.1) is 0 Å². The third kappa shape index (κ3) is 1.79. The van der Waals surface area contributed by atoms with E-state index in [-0.39, 0.29) is 0 Å². The molecule has 3 rings (SSSR count). The lowest BCUT2D eigenvalue weighted by molar-refractivity contribution is 0.810. The van der Waals surface area contributed by atoms with Crippen LogP contribution in [0.15, 0.2) is 24.3 Å². The first-order chi connectivity index (χ1) is 8.29. The van der Waals surface area contributed by atoms with Crippen LogP contribution in [0.25, 0.3) is 11.0 Å². The van der Waals surface area contributed by atoms with Crippen molar-refractivity contribution < 1.29 is 0 Å². The smallest absolute Gasteiger partial charge is 0.172 e. The van der Waals surface area contributed by atoms with E-state index in [1.807, 2.05) is 24.3 Å². The molecule has 1 aliphatic rings. The molecule has 0 atom stereocenters. The highest BCUT2D eigenvalue weighted by Crippen LogP contribution is 2.33. The van der Waals surface area contributed by atoms with Gasteiger partial charge in [0.25, 0.3) is 0 Å². The lowest BCUT2D eigenvalue weighted by atomic mass is 10.3. The Hall–Kier alpha value is -1.84. The second-order valence-electron chi connectivity index (χ2n) is 4.44. The van der Waals surface area contributed by atoms with E-state index in [4.69, 9.17) is 5.73 Å². The summed E-state index contributed by atoms with van der Waals surface area (Å²) in [4.78, 5) is 11.3. The lowest BCUT2D eigenvalue weighted by Gasteiger charge is -2.22. The van der Waals surface area contributed by atoms with Crippen molar-refractivity contribution in [3.8, 4) is 0 Å². The van der Waals surface area contributed by atoms with E-state index in [1.165, 1.54) is 12.8 Å². The molecule has 4 heteroatoms. The van der Waals surface area contributed by atoms with E-state index >= 15 is 0 Å². The van der Waals surface area contributed by atoms with Crippen molar-refractivity contribution in [2.45, 2.75) is 25.8 Å². The van der Waals surface area contributed by atoms with E-state index < -0.39 is 0 Å². The average molecular weight is 228 g/mol. The summed E-state index contributed by atoms with van der Waals surface area (Å²) < 4.78 is 0. The molecule has 88 valence electrons. The van der Waals surface area contributed by atoms with Crippen LogP contribution in [0.1, 0.15) is 19.8 Å². The van der Waals surface area contributed by atoms with Crippen LogP contribution < -0.4 is 10.6 Å². The maximum Gasteiger partial charge on any atom is 0.172 e. The van der Waals surface area contributed by atoms with Crippen LogP contribution in [0.4, 0.5) is 11.6 Å². The van der Waals surface area contributed by atoms with E-state index in [0.717, 1.165) is 23.4 Å². The molecule has 1 aromatic carbocycles. The molecule has 1 fully saturated rings. The molecule has 1 aromatic heterocycles. The number of hydrogen-bond acceptors (Lipinski definition) is 4. The minimum Gasteiger partial charge on any atom is -0.381 e. The molecule has 0 amide bonds. The Labute approximate surface area is 100 Å². The highest BCUT2D eigenvalue weighted by atomic mass is 15.2. The van der Waals surface area contributed by atoms with Crippen LogP contribution in [-0.2, 0) is 0 Å². The molecule has 2 N–H and O–H groups in total. The van der Waals surface area contributed by atoms with Crippen LogP contribution in [0.2, 0.25) is 0 Å². The Kier molecular flexibility index (Phi) is 2.35. The number of nitrogens with two attached hydrogens (primary N) is 1. The zero-order chi connectivity index (χ0) is 11.8. The third-order valence-electron chi connectivity index (χ3n) is 3.18. The minimum atomic E-state index is 0.539. The van der Waals surface area contributed by atoms with E-state index in [2.05, 4.69) is 21.8 Å². The van der Waals surface area contributed by atoms with Crippen molar-refractivity contribution in [3.63, 3.8) is 0 Å². The molecule has 2 aromatic rings. The topological polar surface area (TPSA) is 55.0 Å². The summed E-state index contributed by atoms with van der Waals surface area (Å²) >= 11 is 0. The molecule has 4 nitrogen and oxygen atoms in total. The van der Waals surface area contributed by atoms with E-state index in [0.29, 0.717) is 11.9 Å². The highest BCUT2D eigenvalue weighted by molar-refractivity contribution is 5.79. The van der Waals surface area contributed by atoms with Crippen molar-refractivity contribution in [1.82, 2.24) is 9.97 Å². The Morgan fingerprint density at radius 3 is 2.47 bits per heavy atom.